The Morgan fingerprint density at radius 3 is 3.00 bits per heavy atom. The van der Waals surface area contributed by atoms with Crippen LogP contribution >= 0.6 is 0 Å². The zero-order valence-corrected chi connectivity index (χ0v) is 8.76. The van der Waals surface area contributed by atoms with Gasteiger partial charge in [-0.3, -0.25) is 9.78 Å². The molecule has 0 spiro atoms. The second kappa shape index (κ2) is 3.98. The smallest absolute Gasteiger partial charge is 0.224 e. The summed E-state index contributed by atoms with van der Waals surface area (Å²) in [6, 6.07) is 3.91. The molecule has 1 aromatic heterocycles. The van der Waals surface area contributed by atoms with Crippen LogP contribution in [0.2, 0.25) is 0 Å². The molecule has 0 aliphatic carbocycles. The molecule has 0 radical (unpaired) electrons. The van der Waals surface area contributed by atoms with Crippen LogP contribution in [-0.4, -0.2) is 28.4 Å². The number of likely N-dealkylation sites (tertiary alicyclic amines) is 1. The van der Waals surface area contributed by atoms with Crippen LogP contribution in [0.1, 0.15) is 24.9 Å². The Kier molecular flexibility index (Phi) is 2.68. The van der Waals surface area contributed by atoms with E-state index in [9.17, 15) is 4.79 Å². The van der Waals surface area contributed by atoms with E-state index in [0.717, 1.165) is 5.56 Å². The van der Waals surface area contributed by atoms with Crippen molar-refractivity contribution in [3.8, 4) is 0 Å². The fourth-order valence-electron chi connectivity index (χ4n) is 1.94. The molecule has 0 saturated carbocycles. The number of amides is 1. The molecule has 1 amide bonds. The van der Waals surface area contributed by atoms with Crippen LogP contribution in [-0.2, 0) is 4.79 Å². The summed E-state index contributed by atoms with van der Waals surface area (Å²) in [5.41, 5.74) is 6.81. The van der Waals surface area contributed by atoms with Crippen LogP contribution < -0.4 is 5.73 Å². The molecule has 4 heteroatoms. The van der Waals surface area contributed by atoms with Crippen LogP contribution in [0.5, 0.6) is 0 Å². The summed E-state index contributed by atoms with van der Waals surface area (Å²) in [4.78, 5) is 17.5. The third-order valence-electron chi connectivity index (χ3n) is 2.82. The van der Waals surface area contributed by atoms with Gasteiger partial charge >= 0.3 is 0 Å². The summed E-state index contributed by atoms with van der Waals surface area (Å²) >= 11 is 0. The van der Waals surface area contributed by atoms with E-state index in [2.05, 4.69) is 4.98 Å². The van der Waals surface area contributed by atoms with Gasteiger partial charge in [0.1, 0.15) is 0 Å². The van der Waals surface area contributed by atoms with Crippen LogP contribution in [0.3, 0.4) is 0 Å². The van der Waals surface area contributed by atoms with E-state index in [1.165, 1.54) is 0 Å². The Balaban J connectivity index is 2.15. The summed E-state index contributed by atoms with van der Waals surface area (Å²) in [6.45, 7) is 2.65. The second-order valence-electron chi connectivity index (χ2n) is 3.97. The van der Waals surface area contributed by atoms with Gasteiger partial charge < -0.3 is 10.6 Å². The summed E-state index contributed by atoms with van der Waals surface area (Å²) < 4.78 is 0. The molecule has 1 aliphatic heterocycles. The van der Waals surface area contributed by atoms with E-state index in [-0.39, 0.29) is 18.0 Å². The molecule has 0 bridgehead atoms. The first-order chi connectivity index (χ1) is 7.18. The van der Waals surface area contributed by atoms with Crippen LogP contribution in [0.4, 0.5) is 0 Å². The van der Waals surface area contributed by atoms with E-state index in [1.54, 1.807) is 12.4 Å². The summed E-state index contributed by atoms with van der Waals surface area (Å²) in [5, 5.41) is 0. The van der Waals surface area contributed by atoms with Gasteiger partial charge in [-0.1, -0.05) is 6.07 Å². The van der Waals surface area contributed by atoms with Gasteiger partial charge in [-0.15, -0.1) is 0 Å². The molecule has 1 aromatic rings. The minimum atomic E-state index is -0.0170. The zero-order valence-electron chi connectivity index (χ0n) is 8.76. The monoisotopic (exact) mass is 205 g/mol. The number of nitrogens with two attached hydrogens (primary N) is 1. The number of hydrogen-bond acceptors (Lipinski definition) is 3. The molecular weight excluding hydrogens is 190 g/mol. The standard InChI is InChI=1S/C11H15N3O/c1-8(9-3-2-4-13-6-9)14-7-10(12)5-11(14)15/h2-4,6,8,10H,5,7,12H2,1H3. The minimum Gasteiger partial charge on any atom is -0.334 e. The molecule has 80 valence electrons. The van der Waals surface area contributed by atoms with Crippen molar-refractivity contribution >= 4 is 5.91 Å². The molecule has 2 atom stereocenters. The van der Waals surface area contributed by atoms with E-state index in [0.29, 0.717) is 13.0 Å². The quantitative estimate of drug-likeness (QED) is 0.773. The lowest BCUT2D eigenvalue weighted by atomic mass is 10.1. The SMILES string of the molecule is CC(c1cccnc1)N1CC(N)CC1=O. The predicted octanol–water partition coefficient (Wildman–Crippen LogP) is 0.702. The lowest BCUT2D eigenvalue weighted by Crippen LogP contribution is -2.30. The van der Waals surface area contributed by atoms with E-state index in [4.69, 9.17) is 5.73 Å². The number of carbonyl (C=O) groups is 1. The molecule has 0 aromatic carbocycles. The Hall–Kier alpha value is -1.42. The zero-order chi connectivity index (χ0) is 10.8. The highest BCUT2D eigenvalue weighted by molar-refractivity contribution is 5.79. The summed E-state index contributed by atoms with van der Waals surface area (Å²) in [7, 11) is 0. The normalized spacial score (nSPS) is 23.2. The van der Waals surface area contributed by atoms with Gasteiger partial charge in [-0.2, -0.15) is 0 Å². The van der Waals surface area contributed by atoms with E-state index >= 15 is 0 Å². The number of hydrogen-bond donors (Lipinski definition) is 1. The first-order valence-electron chi connectivity index (χ1n) is 5.13. The topological polar surface area (TPSA) is 59.2 Å². The highest BCUT2D eigenvalue weighted by atomic mass is 16.2. The number of pyridine rings is 1. The lowest BCUT2D eigenvalue weighted by molar-refractivity contribution is -0.129. The average molecular weight is 205 g/mol. The maximum absolute atomic E-state index is 11.6. The third kappa shape index (κ3) is 1.99. The number of aromatic nitrogens is 1. The fourth-order valence-corrected chi connectivity index (χ4v) is 1.94. The molecule has 2 N–H and O–H groups in total. The fraction of sp³-hybridized carbons (Fsp3) is 0.455. The molecule has 4 nitrogen and oxygen atoms in total. The van der Waals surface area contributed by atoms with Gasteiger partial charge in [0.05, 0.1) is 6.04 Å². The van der Waals surface area contributed by atoms with Gasteiger partial charge in [0.2, 0.25) is 5.91 Å². The Morgan fingerprint density at radius 1 is 1.67 bits per heavy atom. The first-order valence-corrected chi connectivity index (χ1v) is 5.13. The maximum Gasteiger partial charge on any atom is 0.224 e. The van der Waals surface area contributed by atoms with Gasteiger partial charge in [0.15, 0.2) is 0 Å². The molecular formula is C11H15N3O. The molecule has 15 heavy (non-hydrogen) atoms. The molecule has 1 fully saturated rings. The van der Waals surface area contributed by atoms with E-state index in [1.807, 2.05) is 24.0 Å². The van der Waals surface area contributed by atoms with Crippen molar-refractivity contribution in [3.63, 3.8) is 0 Å². The van der Waals surface area contributed by atoms with Crippen molar-refractivity contribution in [2.75, 3.05) is 6.54 Å². The Morgan fingerprint density at radius 2 is 2.47 bits per heavy atom. The minimum absolute atomic E-state index is 0.0170. The maximum atomic E-state index is 11.6. The van der Waals surface area contributed by atoms with Gasteiger partial charge in [-0.05, 0) is 18.6 Å². The average Bonchev–Trinajstić information content (AvgIpc) is 2.58. The Labute approximate surface area is 89.1 Å². The number of carbonyl (C=O) groups excluding carboxylic acids is 1. The van der Waals surface area contributed by atoms with Crippen molar-refractivity contribution < 1.29 is 4.79 Å². The highest BCUT2D eigenvalue weighted by Crippen LogP contribution is 2.24. The molecule has 1 aliphatic rings. The first kappa shape index (κ1) is 10.1. The molecule has 2 unspecified atom stereocenters. The van der Waals surface area contributed by atoms with Gasteiger partial charge in [0.25, 0.3) is 0 Å². The van der Waals surface area contributed by atoms with Crippen molar-refractivity contribution in [2.24, 2.45) is 5.73 Å². The van der Waals surface area contributed by atoms with Gasteiger partial charge in [0, 0.05) is 31.4 Å². The molecule has 2 heterocycles. The third-order valence-corrected chi connectivity index (χ3v) is 2.82. The van der Waals surface area contributed by atoms with Crippen LogP contribution in [0.15, 0.2) is 24.5 Å². The molecule has 2 rings (SSSR count). The largest absolute Gasteiger partial charge is 0.334 e. The lowest BCUT2D eigenvalue weighted by Gasteiger charge is -2.24. The van der Waals surface area contributed by atoms with Gasteiger partial charge in [-0.25, -0.2) is 0 Å². The highest BCUT2D eigenvalue weighted by Gasteiger charge is 2.30. The Bertz CT molecular complexity index is 352. The number of rotatable bonds is 2. The number of nitrogens with zero attached hydrogens (tertiary/aromatic N) is 2. The van der Waals surface area contributed by atoms with Crippen LogP contribution in [0.25, 0.3) is 0 Å². The van der Waals surface area contributed by atoms with Crippen LogP contribution in [0, 0.1) is 0 Å². The summed E-state index contributed by atoms with van der Waals surface area (Å²) in [6.07, 6.45) is 3.99. The molecule has 1 saturated heterocycles. The van der Waals surface area contributed by atoms with Crippen molar-refractivity contribution in [1.82, 2.24) is 9.88 Å². The van der Waals surface area contributed by atoms with Crippen molar-refractivity contribution in [1.29, 1.82) is 0 Å². The summed E-state index contributed by atoms with van der Waals surface area (Å²) in [5.74, 6) is 0.138. The van der Waals surface area contributed by atoms with E-state index < -0.39 is 0 Å². The van der Waals surface area contributed by atoms with Crippen molar-refractivity contribution in [2.45, 2.75) is 25.4 Å². The predicted molar refractivity (Wildman–Crippen MR) is 57.0 cm³/mol. The van der Waals surface area contributed by atoms with Crippen molar-refractivity contribution in [3.05, 3.63) is 30.1 Å². The second-order valence-corrected chi connectivity index (χ2v) is 3.97.